The monoisotopic (exact) mass is 487 g/mol. The maximum absolute atomic E-state index is 12.6. The van der Waals surface area contributed by atoms with E-state index in [4.69, 9.17) is 16.3 Å². The van der Waals surface area contributed by atoms with Crippen molar-refractivity contribution in [2.45, 2.75) is 48.4 Å². The third-order valence-corrected chi connectivity index (χ3v) is 9.54. The molecule has 3 aliphatic rings. The largest absolute Gasteiger partial charge is 0.485 e. The number of benzene rings is 2. The van der Waals surface area contributed by atoms with Crippen molar-refractivity contribution in [3.63, 3.8) is 0 Å². The molecule has 6 nitrogen and oxygen atoms in total. The lowest BCUT2D eigenvalue weighted by atomic mass is 9.65. The van der Waals surface area contributed by atoms with Crippen LogP contribution in [0.25, 0.3) is 0 Å². The molecule has 0 amide bonds. The van der Waals surface area contributed by atoms with Gasteiger partial charge >= 0.3 is 0 Å². The molecule has 2 bridgehead atoms. The van der Waals surface area contributed by atoms with E-state index in [1.807, 2.05) is 0 Å². The van der Waals surface area contributed by atoms with Crippen LogP contribution in [-0.2, 0) is 16.6 Å². The van der Waals surface area contributed by atoms with Gasteiger partial charge in [-0.2, -0.15) is 0 Å². The van der Waals surface area contributed by atoms with Crippen LogP contribution in [0, 0.1) is 5.92 Å². The Hall–Kier alpha value is -2.13. The highest BCUT2D eigenvalue weighted by Crippen LogP contribution is 2.62. The summed E-state index contributed by atoms with van der Waals surface area (Å²) in [5.74, 6) is 1.06. The number of nitrogens with one attached hydrogen (secondary N) is 1. The van der Waals surface area contributed by atoms with Crippen LogP contribution in [-0.4, -0.2) is 36.0 Å². The van der Waals surface area contributed by atoms with E-state index in [0.717, 1.165) is 25.8 Å². The van der Waals surface area contributed by atoms with Gasteiger partial charge in [0.05, 0.1) is 9.92 Å². The number of thiazole rings is 1. The molecular formula is C23H22ClN3O3S2. The minimum atomic E-state index is -3.75. The molecule has 1 aliphatic heterocycles. The number of hydrogen-bond acceptors (Lipinski definition) is 6. The van der Waals surface area contributed by atoms with Crippen molar-refractivity contribution in [1.82, 2.24) is 9.88 Å². The van der Waals surface area contributed by atoms with Crippen molar-refractivity contribution in [2.24, 2.45) is 5.92 Å². The Balaban J connectivity index is 1.16. The average molecular weight is 488 g/mol. The van der Waals surface area contributed by atoms with Gasteiger partial charge in [0.1, 0.15) is 11.4 Å². The molecule has 2 aliphatic carbocycles. The van der Waals surface area contributed by atoms with Gasteiger partial charge in [-0.3, -0.25) is 9.62 Å². The summed E-state index contributed by atoms with van der Waals surface area (Å²) < 4.78 is 34.2. The number of aromatic nitrogens is 1. The van der Waals surface area contributed by atoms with Gasteiger partial charge in [-0.25, -0.2) is 13.4 Å². The Morgan fingerprint density at radius 3 is 2.75 bits per heavy atom. The molecule has 2 heterocycles. The van der Waals surface area contributed by atoms with E-state index in [1.54, 1.807) is 23.7 Å². The van der Waals surface area contributed by atoms with Crippen molar-refractivity contribution in [3.8, 4) is 5.75 Å². The number of rotatable bonds is 7. The maximum atomic E-state index is 12.6. The highest BCUT2D eigenvalue weighted by Gasteiger charge is 2.69. The van der Waals surface area contributed by atoms with E-state index >= 15 is 0 Å². The minimum absolute atomic E-state index is 0.0935. The summed E-state index contributed by atoms with van der Waals surface area (Å²) in [6.07, 6.45) is 4.68. The van der Waals surface area contributed by atoms with Crippen molar-refractivity contribution in [1.29, 1.82) is 0 Å². The number of sulfonamides is 1. The van der Waals surface area contributed by atoms with Gasteiger partial charge < -0.3 is 4.74 Å². The Kier molecular flexibility index (Phi) is 4.77. The van der Waals surface area contributed by atoms with Crippen LogP contribution in [0.2, 0.25) is 5.02 Å². The Bertz CT molecular complexity index is 1250. The molecule has 32 heavy (non-hydrogen) atoms. The van der Waals surface area contributed by atoms with Crippen LogP contribution in [0.1, 0.15) is 24.8 Å². The van der Waals surface area contributed by atoms with Gasteiger partial charge in [0, 0.05) is 49.0 Å². The van der Waals surface area contributed by atoms with Crippen LogP contribution in [0.4, 0.5) is 5.13 Å². The number of fused-ring (bicyclic) bond motifs is 1. The van der Waals surface area contributed by atoms with E-state index in [9.17, 15) is 8.42 Å². The quantitative estimate of drug-likeness (QED) is 0.519. The van der Waals surface area contributed by atoms with Gasteiger partial charge in [-0.15, -0.1) is 11.3 Å². The Labute approximate surface area is 196 Å². The fourth-order valence-electron chi connectivity index (χ4n) is 5.69. The molecule has 3 aromatic rings. The smallest absolute Gasteiger partial charge is 0.263 e. The lowest BCUT2D eigenvalue weighted by Crippen LogP contribution is -2.66. The molecule has 9 heteroatoms. The predicted molar refractivity (Wildman–Crippen MR) is 125 cm³/mol. The third-order valence-electron chi connectivity index (χ3n) is 7.09. The Morgan fingerprint density at radius 2 is 2.06 bits per heavy atom. The van der Waals surface area contributed by atoms with Gasteiger partial charge in [0.15, 0.2) is 5.13 Å². The summed E-state index contributed by atoms with van der Waals surface area (Å²) in [6, 6.07) is 16.4. The third kappa shape index (κ3) is 3.32. The number of likely N-dealkylation sites (tertiary alicyclic amines) is 1. The fourth-order valence-corrected chi connectivity index (χ4v) is 7.79. The topological polar surface area (TPSA) is 71.5 Å². The number of halogens is 1. The lowest BCUT2D eigenvalue weighted by molar-refractivity contribution is -0.137. The molecule has 1 aromatic heterocycles. The first-order chi connectivity index (χ1) is 15.4. The van der Waals surface area contributed by atoms with E-state index in [-0.39, 0.29) is 10.5 Å². The predicted octanol–water partition coefficient (Wildman–Crippen LogP) is 4.78. The second kappa shape index (κ2) is 7.45. The lowest BCUT2D eigenvalue weighted by Gasteiger charge is -2.57. The second-order valence-corrected chi connectivity index (χ2v) is 11.8. The molecule has 2 aromatic carbocycles. The van der Waals surface area contributed by atoms with Crippen LogP contribution in [0.5, 0.6) is 5.75 Å². The van der Waals surface area contributed by atoms with Gasteiger partial charge in [0.25, 0.3) is 10.0 Å². The molecule has 2 saturated carbocycles. The summed E-state index contributed by atoms with van der Waals surface area (Å²) >= 11 is 7.69. The molecule has 3 fully saturated rings. The minimum Gasteiger partial charge on any atom is -0.485 e. The fraction of sp³-hybridized carbons (Fsp3) is 0.348. The standard InChI is InChI=1S/C23H22ClN3O3S2/c24-19-11-17(32(28,29)26-22-25-8-9-31-22)6-7-21(19)30-23-12-16-10-18(23)20(13-23)27(16)14-15-4-2-1-3-5-15/h1-9,11,16,18,20H,10,12-14H2,(H,25,26)/t16-,18?,20-,23-/m1/s1. The summed E-state index contributed by atoms with van der Waals surface area (Å²) in [5, 5.41) is 2.35. The van der Waals surface area contributed by atoms with Crippen molar-refractivity contribution < 1.29 is 13.2 Å². The SMILES string of the molecule is O=S(=O)(Nc1nccs1)c1ccc(O[C@@]23C[C@H]4CC2[C@@H](C3)N4Cc2ccccc2)c(Cl)c1. The number of piperidine rings is 2. The van der Waals surface area contributed by atoms with Gasteiger partial charge in [-0.05, 0) is 30.2 Å². The van der Waals surface area contributed by atoms with Crippen molar-refractivity contribution >= 4 is 38.1 Å². The average Bonchev–Trinajstić information content (AvgIpc) is 3.43. The zero-order valence-corrected chi connectivity index (χ0v) is 19.5. The Morgan fingerprint density at radius 1 is 1.22 bits per heavy atom. The number of nitrogens with zero attached hydrogens (tertiary/aromatic N) is 2. The molecule has 1 N–H and O–H groups in total. The van der Waals surface area contributed by atoms with Crippen LogP contribution in [0.15, 0.2) is 65.0 Å². The summed E-state index contributed by atoms with van der Waals surface area (Å²) in [4.78, 5) is 6.70. The maximum Gasteiger partial charge on any atom is 0.263 e. The number of ether oxygens (including phenoxy) is 1. The van der Waals surface area contributed by atoms with E-state index < -0.39 is 10.0 Å². The van der Waals surface area contributed by atoms with Crippen molar-refractivity contribution in [3.05, 3.63) is 70.7 Å². The highest BCUT2D eigenvalue weighted by atomic mass is 35.5. The van der Waals surface area contributed by atoms with Crippen LogP contribution in [0.3, 0.4) is 0 Å². The molecular weight excluding hydrogens is 466 g/mol. The molecule has 1 saturated heterocycles. The molecule has 0 spiro atoms. The molecule has 1 unspecified atom stereocenters. The van der Waals surface area contributed by atoms with Crippen LogP contribution >= 0.6 is 22.9 Å². The molecule has 6 rings (SSSR count). The number of anilines is 1. The summed E-state index contributed by atoms with van der Waals surface area (Å²) in [7, 11) is -3.75. The molecule has 4 atom stereocenters. The second-order valence-electron chi connectivity index (χ2n) is 8.83. The molecule has 166 valence electrons. The van der Waals surface area contributed by atoms with Gasteiger partial charge in [0.2, 0.25) is 0 Å². The summed E-state index contributed by atoms with van der Waals surface area (Å²) in [6.45, 7) is 0.988. The van der Waals surface area contributed by atoms with Gasteiger partial charge in [-0.1, -0.05) is 41.9 Å². The van der Waals surface area contributed by atoms with Crippen molar-refractivity contribution in [2.75, 3.05) is 4.72 Å². The normalized spacial score (nSPS) is 28.5. The van der Waals surface area contributed by atoms with E-state index in [2.05, 4.69) is 44.9 Å². The highest BCUT2D eigenvalue weighted by molar-refractivity contribution is 7.93. The van der Waals surface area contributed by atoms with Crippen LogP contribution < -0.4 is 9.46 Å². The molecule has 0 radical (unpaired) electrons. The van der Waals surface area contributed by atoms with E-state index in [1.165, 1.54) is 23.0 Å². The number of hydrogen-bond donors (Lipinski definition) is 1. The summed E-state index contributed by atoms with van der Waals surface area (Å²) in [5.41, 5.74) is 1.18. The first-order valence-corrected chi connectivity index (χ1v) is 13.4. The zero-order chi connectivity index (χ0) is 21.9. The zero-order valence-electron chi connectivity index (χ0n) is 17.1. The van der Waals surface area contributed by atoms with E-state index in [0.29, 0.717) is 33.9 Å². The first-order valence-electron chi connectivity index (χ1n) is 10.6. The first kappa shape index (κ1) is 20.5.